The van der Waals surface area contributed by atoms with E-state index in [1.54, 1.807) is 0 Å². The summed E-state index contributed by atoms with van der Waals surface area (Å²) in [5.74, 6) is 0.0774. The maximum atomic E-state index is 10.8. The van der Waals surface area contributed by atoms with Gasteiger partial charge in [0, 0.05) is 6.08 Å². The van der Waals surface area contributed by atoms with Crippen molar-refractivity contribution < 1.29 is 19.3 Å². The summed E-state index contributed by atoms with van der Waals surface area (Å²) in [5.41, 5.74) is -0.597. The first kappa shape index (κ1) is 13.4. The van der Waals surface area contributed by atoms with Crippen LogP contribution >= 0.6 is 0 Å². The topological polar surface area (TPSA) is 118 Å². The van der Waals surface area contributed by atoms with Gasteiger partial charge >= 0.3 is 0 Å². The molecule has 0 atom stereocenters. The van der Waals surface area contributed by atoms with Crippen LogP contribution in [0.1, 0.15) is 5.69 Å². The Morgan fingerprint density at radius 3 is 2.39 bits per heavy atom. The lowest BCUT2D eigenvalue weighted by molar-refractivity contribution is -0.401. The zero-order chi connectivity index (χ0) is 13.7. The van der Waals surface area contributed by atoms with E-state index in [0.29, 0.717) is 6.20 Å². The largest absolute Gasteiger partial charge is 0.491 e. The van der Waals surface area contributed by atoms with Crippen LogP contribution in [0, 0.1) is 20.2 Å². The molecule has 0 aliphatic heterocycles. The van der Waals surface area contributed by atoms with Crippen molar-refractivity contribution in [3.05, 3.63) is 38.2 Å². The number of hydrogen-bond acceptors (Lipinski definition) is 7. The fraction of sp³-hybridized carbons (Fsp3) is 0.222. The number of rotatable bonds is 5. The van der Waals surface area contributed by atoms with E-state index < -0.39 is 15.5 Å². The second kappa shape index (κ2) is 5.57. The van der Waals surface area contributed by atoms with Gasteiger partial charge in [-0.25, -0.2) is 4.98 Å². The zero-order valence-corrected chi connectivity index (χ0v) is 9.52. The maximum Gasteiger partial charge on any atom is 0.299 e. The molecule has 1 aromatic heterocycles. The van der Waals surface area contributed by atoms with Crippen LogP contribution in [-0.2, 0) is 0 Å². The highest BCUT2D eigenvalue weighted by Crippen LogP contribution is 2.31. The minimum absolute atomic E-state index is 0.00565. The molecule has 1 rings (SSSR count). The summed E-state index contributed by atoms with van der Waals surface area (Å²) < 4.78 is 9.71. The van der Waals surface area contributed by atoms with Crippen molar-refractivity contribution in [3.8, 4) is 11.6 Å². The Balaban J connectivity index is 3.37. The fourth-order valence-electron chi connectivity index (χ4n) is 1.17. The molecule has 9 nitrogen and oxygen atoms in total. The first-order valence-corrected chi connectivity index (χ1v) is 4.58. The molecule has 9 heteroatoms. The molecule has 0 saturated heterocycles. The highest BCUT2D eigenvalue weighted by atomic mass is 16.6. The predicted molar refractivity (Wildman–Crippen MR) is 60.0 cm³/mol. The van der Waals surface area contributed by atoms with E-state index in [-0.39, 0.29) is 17.3 Å². The summed E-state index contributed by atoms with van der Waals surface area (Å²) >= 11 is 0. The van der Waals surface area contributed by atoms with Gasteiger partial charge in [0.2, 0.25) is 6.20 Å². The Labute approximate surface area is 101 Å². The van der Waals surface area contributed by atoms with E-state index in [4.69, 9.17) is 9.47 Å². The number of methoxy groups -OCH3 is 2. The molecular formula is C9H9N3O6. The second-order valence-corrected chi connectivity index (χ2v) is 2.96. The van der Waals surface area contributed by atoms with Gasteiger partial charge in [0.15, 0.2) is 11.4 Å². The summed E-state index contributed by atoms with van der Waals surface area (Å²) in [6.45, 7) is 0. The van der Waals surface area contributed by atoms with E-state index >= 15 is 0 Å². The summed E-state index contributed by atoms with van der Waals surface area (Å²) in [6, 6.07) is 1.09. The third-order valence-electron chi connectivity index (χ3n) is 1.93. The Kier molecular flexibility index (Phi) is 4.13. The molecular weight excluding hydrogens is 246 g/mol. The van der Waals surface area contributed by atoms with Crippen LogP contribution in [0.4, 0.5) is 5.69 Å². The quantitative estimate of drug-likeness (QED) is 0.573. The van der Waals surface area contributed by atoms with Gasteiger partial charge < -0.3 is 9.47 Å². The standard InChI is InChI=1S/C9H9N3O6/c1-17-8-5-7(12(15)16)6(3-4-11(13)14)10-9(8)18-2/h3-5H,1-2H3. The number of nitro groups is 2. The molecule has 0 unspecified atom stereocenters. The number of pyridine rings is 1. The normalized spacial score (nSPS) is 10.3. The first-order valence-electron chi connectivity index (χ1n) is 4.58. The van der Waals surface area contributed by atoms with Gasteiger partial charge in [-0.2, -0.15) is 0 Å². The van der Waals surface area contributed by atoms with Crippen LogP contribution in [0.5, 0.6) is 11.6 Å². The first-order chi connectivity index (χ1) is 8.49. The van der Waals surface area contributed by atoms with Crippen molar-refractivity contribution in [1.82, 2.24) is 4.98 Å². The summed E-state index contributed by atoms with van der Waals surface area (Å²) in [4.78, 5) is 23.3. The summed E-state index contributed by atoms with van der Waals surface area (Å²) in [7, 11) is 2.60. The van der Waals surface area contributed by atoms with Crippen molar-refractivity contribution in [2.75, 3.05) is 14.2 Å². The van der Waals surface area contributed by atoms with Gasteiger partial charge in [0.1, 0.15) is 0 Å². The molecule has 0 aliphatic carbocycles. The number of hydrogen-bond donors (Lipinski definition) is 0. The molecule has 0 aliphatic rings. The van der Waals surface area contributed by atoms with Crippen molar-refractivity contribution in [2.45, 2.75) is 0 Å². The summed E-state index contributed by atoms with van der Waals surface area (Å²) in [5, 5.41) is 21.0. The maximum absolute atomic E-state index is 10.8. The molecule has 0 aromatic carbocycles. The van der Waals surface area contributed by atoms with Gasteiger partial charge in [-0.1, -0.05) is 0 Å². The molecule has 0 radical (unpaired) electrons. The van der Waals surface area contributed by atoms with E-state index in [9.17, 15) is 20.2 Å². The Hall–Kier alpha value is -2.71. The van der Waals surface area contributed by atoms with Crippen molar-refractivity contribution >= 4 is 11.8 Å². The molecule has 18 heavy (non-hydrogen) atoms. The van der Waals surface area contributed by atoms with Gasteiger partial charge in [-0.05, 0) is 0 Å². The average molecular weight is 255 g/mol. The molecule has 0 saturated carbocycles. The summed E-state index contributed by atoms with van der Waals surface area (Å²) in [6.07, 6.45) is 1.47. The highest BCUT2D eigenvalue weighted by molar-refractivity contribution is 5.60. The van der Waals surface area contributed by atoms with Crippen LogP contribution in [-0.4, -0.2) is 29.1 Å². The lowest BCUT2D eigenvalue weighted by atomic mass is 10.2. The molecule has 0 amide bonds. The van der Waals surface area contributed by atoms with E-state index in [0.717, 1.165) is 12.1 Å². The minimum Gasteiger partial charge on any atom is -0.491 e. The van der Waals surface area contributed by atoms with E-state index in [1.807, 2.05) is 0 Å². The third-order valence-corrected chi connectivity index (χ3v) is 1.93. The van der Waals surface area contributed by atoms with Crippen LogP contribution in [0.2, 0.25) is 0 Å². The SMILES string of the molecule is COc1cc([N+](=O)[O-])c(C=C[N+](=O)[O-])nc1OC. The molecule has 0 bridgehead atoms. The van der Waals surface area contributed by atoms with Crippen molar-refractivity contribution in [1.29, 1.82) is 0 Å². The van der Waals surface area contributed by atoms with Crippen LogP contribution < -0.4 is 9.47 Å². The van der Waals surface area contributed by atoms with Gasteiger partial charge in [0.25, 0.3) is 11.6 Å². The Morgan fingerprint density at radius 2 is 1.94 bits per heavy atom. The fourth-order valence-corrected chi connectivity index (χ4v) is 1.17. The van der Waals surface area contributed by atoms with Crippen molar-refractivity contribution in [2.24, 2.45) is 0 Å². The number of nitrogens with zero attached hydrogens (tertiary/aromatic N) is 3. The van der Waals surface area contributed by atoms with Crippen LogP contribution in [0.25, 0.3) is 6.08 Å². The average Bonchev–Trinajstić information content (AvgIpc) is 2.34. The molecule has 1 heterocycles. The molecule has 96 valence electrons. The molecule has 0 spiro atoms. The smallest absolute Gasteiger partial charge is 0.299 e. The lowest BCUT2D eigenvalue weighted by Crippen LogP contribution is -2.00. The monoisotopic (exact) mass is 255 g/mol. The number of ether oxygens (including phenoxy) is 2. The van der Waals surface area contributed by atoms with Gasteiger partial charge in [0.05, 0.1) is 30.1 Å². The molecule has 0 N–H and O–H groups in total. The lowest BCUT2D eigenvalue weighted by Gasteiger charge is -2.06. The zero-order valence-electron chi connectivity index (χ0n) is 9.52. The Morgan fingerprint density at radius 1 is 1.28 bits per heavy atom. The van der Waals surface area contributed by atoms with Crippen molar-refractivity contribution in [3.63, 3.8) is 0 Å². The highest BCUT2D eigenvalue weighted by Gasteiger charge is 2.20. The Bertz CT molecular complexity index is 513. The van der Waals surface area contributed by atoms with Gasteiger partial charge in [-0.15, -0.1) is 0 Å². The van der Waals surface area contributed by atoms with E-state index in [2.05, 4.69) is 4.98 Å². The molecule has 0 fully saturated rings. The van der Waals surface area contributed by atoms with Crippen LogP contribution in [0.3, 0.4) is 0 Å². The van der Waals surface area contributed by atoms with Gasteiger partial charge in [-0.3, -0.25) is 20.2 Å². The second-order valence-electron chi connectivity index (χ2n) is 2.96. The molecule has 1 aromatic rings. The number of aromatic nitrogens is 1. The van der Waals surface area contributed by atoms with E-state index in [1.165, 1.54) is 14.2 Å². The third kappa shape index (κ3) is 2.90. The predicted octanol–water partition coefficient (Wildman–Crippen LogP) is 1.25. The minimum atomic E-state index is -0.748. The van der Waals surface area contributed by atoms with Crippen LogP contribution in [0.15, 0.2) is 12.3 Å².